The highest BCUT2D eigenvalue weighted by Gasteiger charge is 2.01. The fourth-order valence-corrected chi connectivity index (χ4v) is 1.37. The molecule has 0 saturated carbocycles. The van der Waals surface area contributed by atoms with Crippen molar-refractivity contribution in [3.05, 3.63) is 12.7 Å². The van der Waals surface area contributed by atoms with E-state index in [1.807, 2.05) is 6.92 Å². The van der Waals surface area contributed by atoms with E-state index in [0.717, 1.165) is 5.92 Å². The molecule has 0 aromatic heterocycles. The van der Waals surface area contributed by atoms with E-state index in [1.54, 1.807) is 6.08 Å². The highest BCUT2D eigenvalue weighted by atomic mass is 14.1. The van der Waals surface area contributed by atoms with Crippen molar-refractivity contribution < 1.29 is 0 Å². The third-order valence-corrected chi connectivity index (χ3v) is 1.97. The van der Waals surface area contributed by atoms with Crippen LogP contribution < -0.4 is 0 Å². The van der Waals surface area contributed by atoms with Gasteiger partial charge in [0.15, 0.2) is 0 Å². The standard InChI is InChI=1S/C9H20.C3H6/c1-4-7-9(6-3)8-5-2;1-3-2/h9H,4-8H2,1-3H3;3H,1H2,2H3. The third-order valence-electron chi connectivity index (χ3n) is 1.97. The summed E-state index contributed by atoms with van der Waals surface area (Å²) in [6.45, 7) is 12.1. The van der Waals surface area contributed by atoms with Crippen molar-refractivity contribution in [2.24, 2.45) is 5.92 Å². The SMILES string of the molecule is C=CC.CCCC(CC)CCC. The molecule has 0 heterocycles. The number of allylic oxidation sites excluding steroid dienone is 1. The van der Waals surface area contributed by atoms with Crippen molar-refractivity contribution in [1.82, 2.24) is 0 Å². The van der Waals surface area contributed by atoms with E-state index >= 15 is 0 Å². The molecule has 0 atom stereocenters. The molecule has 0 spiro atoms. The van der Waals surface area contributed by atoms with Crippen LogP contribution in [0.5, 0.6) is 0 Å². The maximum absolute atomic E-state index is 3.36. The molecule has 0 amide bonds. The zero-order chi connectivity index (χ0) is 9.82. The Morgan fingerprint density at radius 2 is 1.42 bits per heavy atom. The second-order valence-electron chi connectivity index (χ2n) is 3.26. The lowest BCUT2D eigenvalue weighted by Crippen LogP contribution is -1.96. The molecule has 0 nitrogen and oxygen atoms in total. The summed E-state index contributed by atoms with van der Waals surface area (Å²) in [7, 11) is 0. The van der Waals surface area contributed by atoms with Gasteiger partial charge in [0.2, 0.25) is 0 Å². The summed E-state index contributed by atoms with van der Waals surface area (Å²) in [6.07, 6.45) is 8.72. The number of hydrogen-bond donors (Lipinski definition) is 0. The van der Waals surface area contributed by atoms with Crippen LogP contribution in [0.15, 0.2) is 12.7 Å². The lowest BCUT2D eigenvalue weighted by molar-refractivity contribution is 0.427. The zero-order valence-electron chi connectivity index (χ0n) is 9.40. The molecule has 0 saturated heterocycles. The first-order valence-corrected chi connectivity index (χ1v) is 5.33. The van der Waals surface area contributed by atoms with Crippen LogP contribution in [-0.4, -0.2) is 0 Å². The summed E-state index contributed by atoms with van der Waals surface area (Å²) in [5.74, 6) is 1.01. The average molecular weight is 170 g/mol. The molecule has 0 aromatic carbocycles. The summed E-state index contributed by atoms with van der Waals surface area (Å²) in [5.41, 5.74) is 0. The van der Waals surface area contributed by atoms with Gasteiger partial charge in [0.25, 0.3) is 0 Å². The van der Waals surface area contributed by atoms with E-state index in [1.165, 1.54) is 32.1 Å². The minimum Gasteiger partial charge on any atom is -0.103 e. The Bertz CT molecular complexity index is 68.1. The molecule has 0 aromatic rings. The summed E-state index contributed by atoms with van der Waals surface area (Å²) in [4.78, 5) is 0. The van der Waals surface area contributed by atoms with E-state index in [-0.39, 0.29) is 0 Å². The summed E-state index contributed by atoms with van der Waals surface area (Å²) in [6, 6.07) is 0. The van der Waals surface area contributed by atoms with Crippen LogP contribution in [-0.2, 0) is 0 Å². The average Bonchev–Trinajstić information content (AvgIpc) is 2.05. The molecule has 0 aliphatic rings. The smallest absolute Gasteiger partial charge is 0.0417 e. The fourth-order valence-electron chi connectivity index (χ4n) is 1.37. The van der Waals surface area contributed by atoms with Crippen LogP contribution in [0.3, 0.4) is 0 Å². The summed E-state index contributed by atoms with van der Waals surface area (Å²) in [5, 5.41) is 0. The topological polar surface area (TPSA) is 0 Å². The molecular weight excluding hydrogens is 144 g/mol. The van der Waals surface area contributed by atoms with Gasteiger partial charge in [-0.05, 0) is 12.8 Å². The van der Waals surface area contributed by atoms with E-state index in [4.69, 9.17) is 0 Å². The molecule has 12 heavy (non-hydrogen) atoms. The predicted molar refractivity (Wildman–Crippen MR) is 59.5 cm³/mol. The van der Waals surface area contributed by atoms with Crippen molar-refractivity contribution in [1.29, 1.82) is 0 Å². The highest BCUT2D eigenvalue weighted by Crippen LogP contribution is 2.16. The molecule has 74 valence electrons. The van der Waals surface area contributed by atoms with Gasteiger partial charge in [0.05, 0.1) is 0 Å². The Labute approximate surface area is 79.1 Å². The molecule has 0 unspecified atom stereocenters. The van der Waals surface area contributed by atoms with Crippen molar-refractivity contribution in [2.45, 2.75) is 59.8 Å². The van der Waals surface area contributed by atoms with Crippen LogP contribution in [0.1, 0.15) is 59.8 Å². The van der Waals surface area contributed by atoms with Gasteiger partial charge in [-0.3, -0.25) is 0 Å². The van der Waals surface area contributed by atoms with Gasteiger partial charge < -0.3 is 0 Å². The van der Waals surface area contributed by atoms with Crippen molar-refractivity contribution >= 4 is 0 Å². The fraction of sp³-hybridized carbons (Fsp3) is 0.833. The Hall–Kier alpha value is -0.260. The molecule has 0 bridgehead atoms. The van der Waals surface area contributed by atoms with Gasteiger partial charge >= 0.3 is 0 Å². The summed E-state index contributed by atoms with van der Waals surface area (Å²) < 4.78 is 0. The highest BCUT2D eigenvalue weighted by molar-refractivity contribution is 4.54. The van der Waals surface area contributed by atoms with Gasteiger partial charge in [-0.1, -0.05) is 59.0 Å². The van der Waals surface area contributed by atoms with Gasteiger partial charge in [0.1, 0.15) is 0 Å². The van der Waals surface area contributed by atoms with E-state index in [0.29, 0.717) is 0 Å². The van der Waals surface area contributed by atoms with Gasteiger partial charge in [-0.2, -0.15) is 0 Å². The Morgan fingerprint density at radius 1 is 1.08 bits per heavy atom. The van der Waals surface area contributed by atoms with Crippen LogP contribution in [0.25, 0.3) is 0 Å². The molecule has 0 fully saturated rings. The van der Waals surface area contributed by atoms with Gasteiger partial charge in [0, 0.05) is 0 Å². The first kappa shape index (κ1) is 14.3. The Balaban J connectivity index is 0. The molecule has 0 aliphatic carbocycles. The third kappa shape index (κ3) is 12.4. The van der Waals surface area contributed by atoms with E-state index in [2.05, 4.69) is 27.4 Å². The van der Waals surface area contributed by atoms with Crippen LogP contribution >= 0.6 is 0 Å². The predicted octanol–water partition coefficient (Wildman–Crippen LogP) is 4.81. The minimum absolute atomic E-state index is 1.01. The molecular formula is C12H26. The largest absolute Gasteiger partial charge is 0.103 e. The minimum atomic E-state index is 1.01. The van der Waals surface area contributed by atoms with Crippen molar-refractivity contribution in [3.63, 3.8) is 0 Å². The molecule has 0 radical (unpaired) electrons. The van der Waals surface area contributed by atoms with Crippen LogP contribution in [0.4, 0.5) is 0 Å². The first-order chi connectivity index (χ1) is 5.76. The molecule has 0 aliphatic heterocycles. The van der Waals surface area contributed by atoms with E-state index in [9.17, 15) is 0 Å². The number of hydrogen-bond acceptors (Lipinski definition) is 0. The lowest BCUT2D eigenvalue weighted by atomic mass is 9.96. The van der Waals surface area contributed by atoms with E-state index < -0.39 is 0 Å². The van der Waals surface area contributed by atoms with Crippen LogP contribution in [0, 0.1) is 5.92 Å². The summed E-state index contributed by atoms with van der Waals surface area (Å²) >= 11 is 0. The van der Waals surface area contributed by atoms with Crippen molar-refractivity contribution in [2.75, 3.05) is 0 Å². The molecule has 0 rings (SSSR count). The number of rotatable bonds is 5. The monoisotopic (exact) mass is 170 g/mol. The Kier molecular flexibility index (Phi) is 15.9. The lowest BCUT2D eigenvalue weighted by Gasteiger charge is -2.10. The van der Waals surface area contributed by atoms with Crippen LogP contribution in [0.2, 0.25) is 0 Å². The quantitative estimate of drug-likeness (QED) is 0.520. The second kappa shape index (κ2) is 13.3. The zero-order valence-corrected chi connectivity index (χ0v) is 9.40. The van der Waals surface area contributed by atoms with Gasteiger partial charge in [-0.15, -0.1) is 6.58 Å². The normalized spacial score (nSPS) is 9.08. The second-order valence-corrected chi connectivity index (χ2v) is 3.26. The maximum atomic E-state index is 3.36. The molecule has 0 heteroatoms. The first-order valence-electron chi connectivity index (χ1n) is 5.33. The Morgan fingerprint density at radius 3 is 1.58 bits per heavy atom. The van der Waals surface area contributed by atoms with Gasteiger partial charge in [-0.25, -0.2) is 0 Å². The maximum Gasteiger partial charge on any atom is -0.0417 e. The molecule has 0 N–H and O–H groups in total. The van der Waals surface area contributed by atoms with Crippen molar-refractivity contribution in [3.8, 4) is 0 Å².